The quantitative estimate of drug-likeness (QED) is 0.773. The van der Waals surface area contributed by atoms with Crippen molar-refractivity contribution >= 4 is 29.2 Å². The molecule has 0 unspecified atom stereocenters. The summed E-state index contributed by atoms with van der Waals surface area (Å²) in [4.78, 5) is 24.7. The highest BCUT2D eigenvalue weighted by Crippen LogP contribution is 2.29. The number of methoxy groups -OCH3 is 2. The predicted molar refractivity (Wildman–Crippen MR) is 94.5 cm³/mol. The Morgan fingerprint density at radius 1 is 1.12 bits per heavy atom. The SMILES string of the molecule is COc1cccc(OC)c1C(=O)O[C@@H](C)C(=O)Nc1ccc(F)cc1Cl. The van der Waals surface area contributed by atoms with Gasteiger partial charge < -0.3 is 19.5 Å². The summed E-state index contributed by atoms with van der Waals surface area (Å²) >= 11 is 5.86. The molecule has 0 aliphatic carbocycles. The van der Waals surface area contributed by atoms with E-state index in [4.69, 9.17) is 25.8 Å². The summed E-state index contributed by atoms with van der Waals surface area (Å²) in [5.74, 6) is -1.43. The molecule has 0 aliphatic rings. The van der Waals surface area contributed by atoms with Crippen molar-refractivity contribution in [3.8, 4) is 11.5 Å². The van der Waals surface area contributed by atoms with Gasteiger partial charge in [-0.2, -0.15) is 0 Å². The molecule has 26 heavy (non-hydrogen) atoms. The molecule has 0 aliphatic heterocycles. The van der Waals surface area contributed by atoms with Crippen molar-refractivity contribution in [2.75, 3.05) is 19.5 Å². The highest BCUT2D eigenvalue weighted by Gasteiger charge is 2.25. The Balaban J connectivity index is 2.13. The lowest BCUT2D eigenvalue weighted by molar-refractivity contribution is -0.123. The number of hydrogen-bond acceptors (Lipinski definition) is 5. The second-order valence-corrected chi connectivity index (χ2v) is 5.61. The van der Waals surface area contributed by atoms with E-state index in [0.29, 0.717) is 0 Å². The molecule has 2 aromatic rings. The third kappa shape index (κ3) is 4.43. The fourth-order valence-electron chi connectivity index (χ4n) is 2.15. The number of carbonyl (C=O) groups is 2. The Bertz CT molecular complexity index is 805. The molecule has 1 N–H and O–H groups in total. The van der Waals surface area contributed by atoms with Gasteiger partial charge in [-0.25, -0.2) is 9.18 Å². The fraction of sp³-hybridized carbons (Fsp3) is 0.222. The van der Waals surface area contributed by atoms with Crippen LogP contribution in [0.4, 0.5) is 10.1 Å². The monoisotopic (exact) mass is 381 g/mol. The zero-order valence-corrected chi connectivity index (χ0v) is 15.1. The van der Waals surface area contributed by atoms with Gasteiger partial charge >= 0.3 is 5.97 Å². The molecule has 1 amide bonds. The molecule has 1 atom stereocenters. The van der Waals surface area contributed by atoms with Gasteiger partial charge in [-0.15, -0.1) is 0 Å². The molecule has 0 saturated heterocycles. The zero-order chi connectivity index (χ0) is 19.3. The van der Waals surface area contributed by atoms with Crippen LogP contribution in [0.1, 0.15) is 17.3 Å². The van der Waals surface area contributed by atoms with Crippen molar-refractivity contribution < 1.29 is 28.2 Å². The number of nitrogens with one attached hydrogen (secondary N) is 1. The van der Waals surface area contributed by atoms with Gasteiger partial charge in [0.2, 0.25) is 0 Å². The van der Waals surface area contributed by atoms with Gasteiger partial charge in [0.1, 0.15) is 22.9 Å². The van der Waals surface area contributed by atoms with E-state index in [-0.39, 0.29) is 27.8 Å². The molecule has 6 nitrogen and oxygen atoms in total. The average molecular weight is 382 g/mol. The topological polar surface area (TPSA) is 73.9 Å². The first kappa shape index (κ1) is 19.5. The molecule has 0 bridgehead atoms. The lowest BCUT2D eigenvalue weighted by Crippen LogP contribution is -2.30. The minimum atomic E-state index is -1.14. The molecule has 0 spiro atoms. The standard InChI is InChI=1S/C18H17ClFNO5/c1-10(17(22)21-13-8-7-11(20)9-12(13)19)26-18(23)16-14(24-2)5-4-6-15(16)25-3/h4-10H,1-3H3,(H,21,22)/t10-/m0/s1. The van der Waals surface area contributed by atoms with Crippen LogP contribution in [-0.4, -0.2) is 32.2 Å². The van der Waals surface area contributed by atoms with E-state index in [1.165, 1.54) is 27.2 Å². The number of ether oxygens (including phenoxy) is 3. The number of carbonyl (C=O) groups excluding carboxylic acids is 2. The van der Waals surface area contributed by atoms with Gasteiger partial charge in [-0.1, -0.05) is 17.7 Å². The molecule has 0 radical (unpaired) electrons. The van der Waals surface area contributed by atoms with Crippen molar-refractivity contribution in [2.45, 2.75) is 13.0 Å². The highest BCUT2D eigenvalue weighted by molar-refractivity contribution is 6.33. The van der Waals surface area contributed by atoms with Crippen LogP contribution in [0.15, 0.2) is 36.4 Å². The first-order valence-electron chi connectivity index (χ1n) is 7.55. The fourth-order valence-corrected chi connectivity index (χ4v) is 2.37. The maximum atomic E-state index is 13.1. The van der Waals surface area contributed by atoms with E-state index in [1.807, 2.05) is 0 Å². The minimum Gasteiger partial charge on any atom is -0.496 e. The number of amides is 1. The van der Waals surface area contributed by atoms with Gasteiger partial charge in [0.15, 0.2) is 6.10 Å². The number of benzene rings is 2. The summed E-state index contributed by atoms with van der Waals surface area (Å²) in [7, 11) is 2.80. The normalized spacial score (nSPS) is 11.4. The Morgan fingerprint density at radius 3 is 2.27 bits per heavy atom. The third-order valence-electron chi connectivity index (χ3n) is 3.47. The lowest BCUT2D eigenvalue weighted by atomic mass is 10.1. The smallest absolute Gasteiger partial charge is 0.346 e. The largest absolute Gasteiger partial charge is 0.496 e. The van der Waals surface area contributed by atoms with Crippen LogP contribution < -0.4 is 14.8 Å². The van der Waals surface area contributed by atoms with Crippen molar-refractivity contribution in [1.29, 1.82) is 0 Å². The summed E-state index contributed by atoms with van der Waals surface area (Å²) < 4.78 is 28.5. The number of esters is 1. The van der Waals surface area contributed by atoms with Crippen LogP contribution in [-0.2, 0) is 9.53 Å². The minimum absolute atomic E-state index is 0.0308. The second-order valence-electron chi connectivity index (χ2n) is 5.20. The first-order chi connectivity index (χ1) is 12.4. The Labute approximate surface area is 154 Å². The van der Waals surface area contributed by atoms with E-state index in [9.17, 15) is 14.0 Å². The van der Waals surface area contributed by atoms with Gasteiger partial charge in [-0.05, 0) is 37.3 Å². The van der Waals surface area contributed by atoms with Crippen LogP contribution in [0.25, 0.3) is 0 Å². The van der Waals surface area contributed by atoms with E-state index >= 15 is 0 Å². The Hall–Kier alpha value is -2.80. The summed E-state index contributed by atoms with van der Waals surface area (Å²) in [6.07, 6.45) is -1.14. The average Bonchev–Trinajstić information content (AvgIpc) is 2.62. The molecule has 138 valence electrons. The van der Waals surface area contributed by atoms with Crippen molar-refractivity contribution in [1.82, 2.24) is 0 Å². The summed E-state index contributed by atoms with van der Waals surface area (Å²) in [6, 6.07) is 8.32. The van der Waals surface area contributed by atoms with Gasteiger partial charge in [0, 0.05) is 0 Å². The van der Waals surface area contributed by atoms with Crippen LogP contribution in [0.3, 0.4) is 0 Å². The van der Waals surface area contributed by atoms with Gasteiger partial charge in [0.05, 0.1) is 24.9 Å². The molecule has 0 aromatic heterocycles. The van der Waals surface area contributed by atoms with E-state index in [2.05, 4.69) is 5.32 Å². The molecule has 0 saturated carbocycles. The van der Waals surface area contributed by atoms with E-state index in [0.717, 1.165) is 12.1 Å². The number of hydrogen-bond donors (Lipinski definition) is 1. The summed E-state index contributed by atoms with van der Waals surface area (Å²) in [5, 5.41) is 2.50. The number of anilines is 1. The molecule has 0 fully saturated rings. The molecule has 0 heterocycles. The van der Waals surface area contributed by atoms with Gasteiger partial charge in [-0.3, -0.25) is 4.79 Å². The summed E-state index contributed by atoms with van der Waals surface area (Å²) in [6.45, 7) is 1.40. The lowest BCUT2D eigenvalue weighted by Gasteiger charge is -2.16. The molecule has 8 heteroatoms. The molecular weight excluding hydrogens is 365 g/mol. The summed E-state index contributed by atoms with van der Waals surface area (Å²) in [5.41, 5.74) is 0.271. The van der Waals surface area contributed by atoms with Crippen LogP contribution in [0, 0.1) is 5.82 Å². The van der Waals surface area contributed by atoms with E-state index in [1.54, 1.807) is 18.2 Å². The van der Waals surface area contributed by atoms with Crippen LogP contribution >= 0.6 is 11.6 Å². The maximum Gasteiger partial charge on any atom is 0.346 e. The molecule has 2 rings (SSSR count). The first-order valence-corrected chi connectivity index (χ1v) is 7.93. The Morgan fingerprint density at radius 2 is 1.73 bits per heavy atom. The van der Waals surface area contributed by atoms with Crippen molar-refractivity contribution in [2.24, 2.45) is 0 Å². The molecular formula is C18H17ClFNO5. The number of rotatable bonds is 6. The second kappa shape index (κ2) is 8.53. The van der Waals surface area contributed by atoms with Crippen molar-refractivity contribution in [3.05, 3.63) is 52.8 Å². The zero-order valence-electron chi connectivity index (χ0n) is 14.3. The van der Waals surface area contributed by atoms with Crippen LogP contribution in [0.5, 0.6) is 11.5 Å². The molecule has 2 aromatic carbocycles. The van der Waals surface area contributed by atoms with E-state index < -0.39 is 23.8 Å². The highest BCUT2D eigenvalue weighted by atomic mass is 35.5. The van der Waals surface area contributed by atoms with Crippen molar-refractivity contribution in [3.63, 3.8) is 0 Å². The van der Waals surface area contributed by atoms with Gasteiger partial charge in [0.25, 0.3) is 5.91 Å². The number of halogens is 2. The Kier molecular flexibility index (Phi) is 6.41. The van der Waals surface area contributed by atoms with Crippen LogP contribution in [0.2, 0.25) is 5.02 Å². The maximum absolute atomic E-state index is 13.1. The third-order valence-corrected chi connectivity index (χ3v) is 3.79. The predicted octanol–water partition coefficient (Wildman–Crippen LogP) is 3.68.